The summed E-state index contributed by atoms with van der Waals surface area (Å²) in [5.74, 6) is 0.536. The number of methoxy groups -OCH3 is 4. The molecule has 0 spiro atoms. The van der Waals surface area contributed by atoms with Gasteiger partial charge in [-0.3, -0.25) is 0 Å². The second-order valence-corrected chi connectivity index (χ2v) is 4.74. The number of rotatable bonds is 13. The van der Waals surface area contributed by atoms with E-state index in [-0.39, 0.29) is 24.5 Å². The van der Waals surface area contributed by atoms with Gasteiger partial charge in [-0.1, -0.05) is 0 Å². The maximum atomic E-state index is 12.2. The topological polar surface area (TPSA) is 81.7 Å². The summed E-state index contributed by atoms with van der Waals surface area (Å²) in [6.45, 7) is 2.34. The van der Waals surface area contributed by atoms with Crippen LogP contribution in [0.5, 0.6) is 17.2 Å². The van der Waals surface area contributed by atoms with Crippen LogP contribution in [0.15, 0.2) is 12.1 Å². The standard InChI is InChI=1S/C17H26O8/c1-19-7-8-23-9-10-24-11-12-25-17(18)13-5-6-14(20-2)16(22-4)15(13)21-3/h5-6H,7-12H2,1-4H3. The molecule has 0 aliphatic heterocycles. The zero-order valence-corrected chi connectivity index (χ0v) is 15.2. The summed E-state index contributed by atoms with van der Waals surface area (Å²) in [4.78, 5) is 12.2. The molecule has 1 rings (SSSR count). The summed E-state index contributed by atoms with van der Waals surface area (Å²) in [6.07, 6.45) is 0. The molecule has 0 fully saturated rings. The van der Waals surface area contributed by atoms with Crippen LogP contribution in [0.1, 0.15) is 10.4 Å². The van der Waals surface area contributed by atoms with Crippen molar-refractivity contribution in [1.29, 1.82) is 0 Å². The lowest BCUT2D eigenvalue weighted by molar-refractivity contribution is 0.00558. The van der Waals surface area contributed by atoms with Crippen LogP contribution in [0.2, 0.25) is 0 Å². The number of benzene rings is 1. The van der Waals surface area contributed by atoms with E-state index in [4.69, 9.17) is 33.2 Å². The van der Waals surface area contributed by atoms with E-state index in [1.165, 1.54) is 21.3 Å². The average Bonchev–Trinajstić information content (AvgIpc) is 2.64. The Bertz CT molecular complexity index is 518. The number of carbonyl (C=O) groups excluding carboxylic acids is 1. The van der Waals surface area contributed by atoms with Crippen LogP contribution < -0.4 is 14.2 Å². The van der Waals surface area contributed by atoms with Crippen molar-refractivity contribution in [3.05, 3.63) is 17.7 Å². The Morgan fingerprint density at radius 1 is 0.760 bits per heavy atom. The van der Waals surface area contributed by atoms with Gasteiger partial charge >= 0.3 is 5.97 Å². The van der Waals surface area contributed by atoms with Crippen molar-refractivity contribution < 1.29 is 38.0 Å². The van der Waals surface area contributed by atoms with Crippen LogP contribution in [0.4, 0.5) is 0 Å². The van der Waals surface area contributed by atoms with Crippen molar-refractivity contribution in [2.75, 3.05) is 68.1 Å². The van der Waals surface area contributed by atoms with Crippen LogP contribution in [-0.4, -0.2) is 74.0 Å². The van der Waals surface area contributed by atoms with Gasteiger partial charge in [0.15, 0.2) is 11.5 Å². The van der Waals surface area contributed by atoms with Gasteiger partial charge in [-0.25, -0.2) is 4.79 Å². The predicted octanol–water partition coefficient (Wildman–Crippen LogP) is 1.55. The molecule has 25 heavy (non-hydrogen) atoms. The first kappa shape index (κ1) is 21.0. The molecule has 0 radical (unpaired) electrons. The Labute approximate surface area is 147 Å². The molecule has 0 amide bonds. The summed E-state index contributed by atoms with van der Waals surface area (Å²) in [7, 11) is 6.03. The predicted molar refractivity (Wildman–Crippen MR) is 89.9 cm³/mol. The first-order chi connectivity index (χ1) is 12.2. The fourth-order valence-electron chi connectivity index (χ4n) is 2.00. The molecule has 0 aliphatic carbocycles. The summed E-state index contributed by atoms with van der Waals surface area (Å²) >= 11 is 0. The Morgan fingerprint density at radius 2 is 1.36 bits per heavy atom. The molecule has 0 heterocycles. The molecule has 8 nitrogen and oxygen atoms in total. The van der Waals surface area contributed by atoms with Gasteiger partial charge < -0.3 is 33.2 Å². The Kier molecular flexibility index (Phi) is 10.4. The van der Waals surface area contributed by atoms with Crippen molar-refractivity contribution in [2.24, 2.45) is 0 Å². The molecule has 0 N–H and O–H groups in total. The molecule has 0 atom stereocenters. The van der Waals surface area contributed by atoms with E-state index >= 15 is 0 Å². The average molecular weight is 358 g/mol. The molecule has 1 aromatic rings. The second-order valence-electron chi connectivity index (χ2n) is 4.74. The van der Waals surface area contributed by atoms with Gasteiger partial charge in [0.2, 0.25) is 5.75 Å². The molecule has 1 aromatic carbocycles. The minimum atomic E-state index is -0.530. The highest BCUT2D eigenvalue weighted by Gasteiger charge is 2.21. The van der Waals surface area contributed by atoms with E-state index in [0.29, 0.717) is 37.9 Å². The van der Waals surface area contributed by atoms with Gasteiger partial charge in [0.1, 0.15) is 12.2 Å². The van der Waals surface area contributed by atoms with Gasteiger partial charge in [-0.15, -0.1) is 0 Å². The van der Waals surface area contributed by atoms with E-state index in [0.717, 1.165) is 0 Å². The minimum Gasteiger partial charge on any atom is -0.493 e. The van der Waals surface area contributed by atoms with E-state index in [9.17, 15) is 4.79 Å². The second kappa shape index (κ2) is 12.3. The van der Waals surface area contributed by atoms with E-state index in [2.05, 4.69) is 0 Å². The lowest BCUT2D eigenvalue weighted by Gasteiger charge is -2.15. The molecular weight excluding hydrogens is 332 g/mol. The van der Waals surface area contributed by atoms with E-state index < -0.39 is 5.97 Å². The van der Waals surface area contributed by atoms with Crippen LogP contribution in [-0.2, 0) is 18.9 Å². The quantitative estimate of drug-likeness (QED) is 0.388. The maximum Gasteiger partial charge on any atom is 0.342 e. The third kappa shape index (κ3) is 6.77. The van der Waals surface area contributed by atoms with Crippen LogP contribution >= 0.6 is 0 Å². The van der Waals surface area contributed by atoms with Crippen molar-refractivity contribution in [3.8, 4) is 17.2 Å². The number of hydrogen-bond donors (Lipinski definition) is 0. The highest BCUT2D eigenvalue weighted by Crippen LogP contribution is 2.39. The molecule has 0 bridgehead atoms. The third-order valence-electron chi connectivity index (χ3n) is 3.19. The number of hydrogen-bond acceptors (Lipinski definition) is 8. The maximum absolute atomic E-state index is 12.2. The first-order valence-corrected chi connectivity index (χ1v) is 7.80. The lowest BCUT2D eigenvalue weighted by atomic mass is 10.1. The first-order valence-electron chi connectivity index (χ1n) is 7.80. The Balaban J connectivity index is 2.42. The molecule has 142 valence electrons. The summed E-state index contributed by atoms with van der Waals surface area (Å²) in [5.41, 5.74) is 0.253. The molecule has 0 aromatic heterocycles. The van der Waals surface area contributed by atoms with Crippen LogP contribution in [0, 0.1) is 0 Å². The highest BCUT2D eigenvalue weighted by atomic mass is 16.6. The lowest BCUT2D eigenvalue weighted by Crippen LogP contribution is -2.14. The van der Waals surface area contributed by atoms with Gasteiger partial charge in [0, 0.05) is 7.11 Å². The third-order valence-corrected chi connectivity index (χ3v) is 3.19. The minimum absolute atomic E-state index is 0.119. The van der Waals surface area contributed by atoms with Crippen molar-refractivity contribution in [1.82, 2.24) is 0 Å². The molecule has 8 heteroatoms. The number of ether oxygens (including phenoxy) is 7. The van der Waals surface area contributed by atoms with Crippen molar-refractivity contribution in [3.63, 3.8) is 0 Å². The highest BCUT2D eigenvalue weighted by molar-refractivity contribution is 5.94. The smallest absolute Gasteiger partial charge is 0.342 e. The summed E-state index contributed by atoms with van der Waals surface area (Å²) < 4.78 is 36.3. The molecule has 0 unspecified atom stereocenters. The molecule has 0 saturated carbocycles. The van der Waals surface area contributed by atoms with Gasteiger partial charge in [0.25, 0.3) is 0 Å². The largest absolute Gasteiger partial charge is 0.493 e. The number of carbonyl (C=O) groups is 1. The summed E-state index contributed by atoms with van der Waals surface area (Å²) in [6, 6.07) is 3.18. The number of esters is 1. The van der Waals surface area contributed by atoms with Gasteiger partial charge in [-0.2, -0.15) is 0 Å². The molecular formula is C17H26O8. The van der Waals surface area contributed by atoms with Gasteiger partial charge in [-0.05, 0) is 12.1 Å². The van der Waals surface area contributed by atoms with E-state index in [1.54, 1.807) is 19.2 Å². The zero-order chi connectivity index (χ0) is 18.5. The SMILES string of the molecule is COCCOCCOCCOC(=O)c1ccc(OC)c(OC)c1OC. The van der Waals surface area contributed by atoms with Crippen LogP contribution in [0.25, 0.3) is 0 Å². The fourth-order valence-corrected chi connectivity index (χ4v) is 2.00. The normalized spacial score (nSPS) is 10.4. The fraction of sp³-hybridized carbons (Fsp3) is 0.588. The Morgan fingerprint density at radius 3 is 1.92 bits per heavy atom. The molecule has 0 saturated heterocycles. The van der Waals surface area contributed by atoms with Crippen molar-refractivity contribution in [2.45, 2.75) is 0 Å². The molecule has 0 aliphatic rings. The van der Waals surface area contributed by atoms with Gasteiger partial charge in [0.05, 0.1) is 54.4 Å². The van der Waals surface area contributed by atoms with Crippen molar-refractivity contribution >= 4 is 5.97 Å². The Hall–Kier alpha value is -2.03. The monoisotopic (exact) mass is 358 g/mol. The zero-order valence-electron chi connectivity index (χ0n) is 15.2. The van der Waals surface area contributed by atoms with E-state index in [1.807, 2.05) is 0 Å². The summed E-state index contributed by atoms with van der Waals surface area (Å²) in [5, 5.41) is 0. The van der Waals surface area contributed by atoms with Crippen LogP contribution in [0.3, 0.4) is 0 Å².